The lowest BCUT2D eigenvalue weighted by atomic mass is 9.94. The van der Waals surface area contributed by atoms with Crippen LogP contribution in [0.2, 0.25) is 0 Å². The number of methoxy groups -OCH3 is 1. The summed E-state index contributed by atoms with van der Waals surface area (Å²) in [5, 5.41) is 0. The first kappa shape index (κ1) is 17.9. The lowest BCUT2D eigenvalue weighted by molar-refractivity contribution is 0.219. The van der Waals surface area contributed by atoms with Crippen LogP contribution in [0.1, 0.15) is 41.8 Å². The Morgan fingerprint density at radius 3 is 2.74 bits per heavy atom. The summed E-state index contributed by atoms with van der Waals surface area (Å²) < 4.78 is 7.87. The fourth-order valence-corrected chi connectivity index (χ4v) is 4.29. The maximum absolute atomic E-state index is 5.44. The second kappa shape index (κ2) is 8.01. The van der Waals surface area contributed by atoms with Gasteiger partial charge in [-0.15, -0.1) is 0 Å². The quantitative estimate of drug-likeness (QED) is 0.633. The first-order chi connectivity index (χ1) is 13.3. The zero-order chi connectivity index (χ0) is 18.6. The van der Waals surface area contributed by atoms with E-state index in [0.29, 0.717) is 0 Å². The molecule has 1 unspecified atom stereocenters. The molecular weight excluding hydrogens is 332 g/mol. The molecule has 1 aliphatic rings. The largest absolute Gasteiger partial charge is 0.497 e. The Bertz CT molecular complexity index is 899. The molecule has 0 saturated carbocycles. The monoisotopic (exact) mass is 360 g/mol. The van der Waals surface area contributed by atoms with E-state index in [4.69, 9.17) is 4.74 Å². The predicted molar refractivity (Wildman–Crippen MR) is 110 cm³/mol. The molecule has 0 spiro atoms. The Morgan fingerprint density at radius 2 is 1.89 bits per heavy atom. The number of nitrogens with zero attached hydrogens (tertiary/aromatic N) is 2. The molecule has 0 N–H and O–H groups in total. The summed E-state index contributed by atoms with van der Waals surface area (Å²) in [6.07, 6.45) is 4.45. The number of hydrogen-bond donors (Lipinski definition) is 0. The minimum Gasteiger partial charge on any atom is -0.497 e. The lowest BCUT2D eigenvalue weighted by Gasteiger charge is -2.32. The molecule has 3 heteroatoms. The number of ether oxygens (including phenoxy) is 1. The van der Waals surface area contributed by atoms with Crippen molar-refractivity contribution in [1.82, 2.24) is 9.47 Å². The van der Waals surface area contributed by atoms with Crippen LogP contribution in [0.4, 0.5) is 0 Å². The number of fused-ring (bicyclic) bond motifs is 1. The third-order valence-electron chi connectivity index (χ3n) is 5.60. The molecule has 2 heterocycles. The highest BCUT2D eigenvalue weighted by Crippen LogP contribution is 2.35. The second-order valence-electron chi connectivity index (χ2n) is 7.26. The molecule has 140 valence electrons. The van der Waals surface area contributed by atoms with E-state index < -0.39 is 0 Å². The minimum atomic E-state index is 0.282. The van der Waals surface area contributed by atoms with Gasteiger partial charge in [0.25, 0.3) is 0 Å². The number of aryl methyl sites for hydroxylation is 2. The van der Waals surface area contributed by atoms with Crippen LogP contribution in [0.3, 0.4) is 0 Å². The van der Waals surface area contributed by atoms with Gasteiger partial charge in [-0.1, -0.05) is 43.3 Å². The number of rotatable bonds is 5. The second-order valence-corrected chi connectivity index (χ2v) is 7.26. The Labute approximate surface area is 162 Å². The van der Waals surface area contributed by atoms with Gasteiger partial charge in [-0.25, -0.2) is 0 Å². The summed E-state index contributed by atoms with van der Waals surface area (Å²) in [7, 11) is 1.73. The van der Waals surface area contributed by atoms with E-state index >= 15 is 0 Å². The highest BCUT2D eigenvalue weighted by molar-refractivity contribution is 5.37. The van der Waals surface area contributed by atoms with E-state index in [1.807, 2.05) is 6.07 Å². The maximum Gasteiger partial charge on any atom is 0.119 e. The molecule has 27 heavy (non-hydrogen) atoms. The van der Waals surface area contributed by atoms with Crippen LogP contribution >= 0.6 is 0 Å². The van der Waals surface area contributed by atoms with Crippen molar-refractivity contribution in [3.63, 3.8) is 0 Å². The summed E-state index contributed by atoms with van der Waals surface area (Å²) >= 11 is 0. The van der Waals surface area contributed by atoms with Crippen molar-refractivity contribution in [2.24, 2.45) is 0 Å². The molecule has 0 amide bonds. The van der Waals surface area contributed by atoms with Crippen molar-refractivity contribution in [2.75, 3.05) is 13.7 Å². The van der Waals surface area contributed by atoms with E-state index in [9.17, 15) is 0 Å². The molecule has 3 nitrogen and oxygen atoms in total. The van der Waals surface area contributed by atoms with Gasteiger partial charge in [-0.2, -0.15) is 0 Å². The third-order valence-corrected chi connectivity index (χ3v) is 5.60. The number of aromatic nitrogens is 1. The first-order valence-corrected chi connectivity index (χ1v) is 9.90. The predicted octanol–water partition coefficient (Wildman–Crippen LogP) is 5.05. The maximum atomic E-state index is 5.44. The van der Waals surface area contributed by atoms with E-state index in [2.05, 4.69) is 77.2 Å². The van der Waals surface area contributed by atoms with Gasteiger partial charge < -0.3 is 9.30 Å². The molecule has 0 saturated heterocycles. The number of benzene rings is 2. The lowest BCUT2D eigenvalue weighted by Crippen LogP contribution is -2.30. The summed E-state index contributed by atoms with van der Waals surface area (Å²) in [6.45, 7) is 5.34. The van der Waals surface area contributed by atoms with Crippen LogP contribution in [0.25, 0.3) is 0 Å². The van der Waals surface area contributed by atoms with Crippen LogP contribution in [0, 0.1) is 0 Å². The normalized spacial score (nSPS) is 17.3. The van der Waals surface area contributed by atoms with Gasteiger partial charge in [-0.05, 0) is 53.8 Å². The summed E-state index contributed by atoms with van der Waals surface area (Å²) in [6, 6.07) is 22.1. The van der Waals surface area contributed by atoms with Gasteiger partial charge in [0.05, 0.1) is 13.2 Å². The zero-order valence-electron chi connectivity index (χ0n) is 16.3. The third kappa shape index (κ3) is 3.65. The van der Waals surface area contributed by atoms with Crippen LogP contribution in [-0.4, -0.2) is 23.1 Å². The molecule has 3 aromatic rings. The summed E-state index contributed by atoms with van der Waals surface area (Å²) in [5.41, 5.74) is 5.57. The highest BCUT2D eigenvalue weighted by atomic mass is 16.5. The van der Waals surface area contributed by atoms with Crippen molar-refractivity contribution in [3.05, 3.63) is 89.2 Å². The Hall–Kier alpha value is -2.52. The van der Waals surface area contributed by atoms with Gasteiger partial charge >= 0.3 is 0 Å². The fourth-order valence-electron chi connectivity index (χ4n) is 4.29. The Kier molecular flexibility index (Phi) is 5.30. The fraction of sp³-hybridized carbons (Fsp3) is 0.333. The topological polar surface area (TPSA) is 17.4 Å². The van der Waals surface area contributed by atoms with E-state index in [1.165, 1.54) is 22.4 Å². The molecule has 0 bridgehead atoms. The minimum absolute atomic E-state index is 0.282. The molecule has 0 fully saturated rings. The Balaban J connectivity index is 1.76. The first-order valence-electron chi connectivity index (χ1n) is 9.90. The average Bonchev–Trinajstić information content (AvgIpc) is 3.10. The smallest absolute Gasteiger partial charge is 0.119 e. The SMILES string of the molecule is CCc1ccccc1C1c2cccn2CCCN1Cc1cccc(OC)c1. The molecular formula is C24H28N2O. The molecule has 4 rings (SSSR count). The van der Waals surface area contributed by atoms with Crippen molar-refractivity contribution in [1.29, 1.82) is 0 Å². The van der Waals surface area contributed by atoms with Crippen molar-refractivity contribution < 1.29 is 4.74 Å². The zero-order valence-corrected chi connectivity index (χ0v) is 16.3. The van der Waals surface area contributed by atoms with Crippen LogP contribution in [0.5, 0.6) is 5.75 Å². The summed E-state index contributed by atoms with van der Waals surface area (Å²) in [5.74, 6) is 0.927. The van der Waals surface area contributed by atoms with Gasteiger partial charge in [0.15, 0.2) is 0 Å². The molecule has 1 atom stereocenters. The molecule has 0 radical (unpaired) electrons. The summed E-state index contributed by atoms with van der Waals surface area (Å²) in [4.78, 5) is 2.63. The van der Waals surface area contributed by atoms with E-state index in [1.54, 1.807) is 7.11 Å². The van der Waals surface area contributed by atoms with Crippen molar-refractivity contribution in [3.8, 4) is 5.75 Å². The van der Waals surface area contributed by atoms with E-state index in [-0.39, 0.29) is 6.04 Å². The van der Waals surface area contributed by atoms with Crippen LogP contribution < -0.4 is 4.74 Å². The molecule has 1 aliphatic heterocycles. The molecule has 2 aromatic carbocycles. The van der Waals surface area contributed by atoms with Crippen LogP contribution in [-0.2, 0) is 19.5 Å². The number of hydrogen-bond acceptors (Lipinski definition) is 2. The van der Waals surface area contributed by atoms with Gasteiger partial charge in [-0.3, -0.25) is 4.90 Å². The average molecular weight is 361 g/mol. The molecule has 1 aromatic heterocycles. The van der Waals surface area contributed by atoms with Gasteiger partial charge in [0.1, 0.15) is 5.75 Å². The Morgan fingerprint density at radius 1 is 1.00 bits per heavy atom. The standard InChI is InChI=1S/C24H28N2O/c1-3-20-10-4-5-12-22(20)24-23-13-7-14-25(23)15-8-16-26(24)18-19-9-6-11-21(17-19)27-2/h4-7,9-14,17,24H,3,8,15-16,18H2,1-2H3. The van der Waals surface area contributed by atoms with Gasteiger partial charge in [0.2, 0.25) is 0 Å². The van der Waals surface area contributed by atoms with E-state index in [0.717, 1.165) is 38.2 Å². The van der Waals surface area contributed by atoms with Crippen molar-refractivity contribution >= 4 is 0 Å². The van der Waals surface area contributed by atoms with Crippen molar-refractivity contribution in [2.45, 2.75) is 38.9 Å². The van der Waals surface area contributed by atoms with Gasteiger partial charge in [0, 0.05) is 31.5 Å². The highest BCUT2D eigenvalue weighted by Gasteiger charge is 2.28. The van der Waals surface area contributed by atoms with Crippen LogP contribution in [0.15, 0.2) is 66.9 Å². The molecule has 0 aliphatic carbocycles.